The smallest absolute Gasteiger partial charge is 0.342 e. The van der Waals surface area contributed by atoms with E-state index in [1.165, 1.54) is 10.8 Å². The van der Waals surface area contributed by atoms with Crippen molar-refractivity contribution in [1.82, 2.24) is 0 Å². The van der Waals surface area contributed by atoms with Gasteiger partial charge in [-0.15, -0.1) is 22.7 Å². The maximum absolute atomic E-state index is 11.0. The number of hydrogen-bond acceptors (Lipinski definition) is 5. The van der Waals surface area contributed by atoms with Gasteiger partial charge in [0.05, 0.1) is 4.70 Å². The number of nitrogens with zero attached hydrogens (tertiary/aromatic N) is 3. The lowest BCUT2D eigenvalue weighted by Crippen LogP contribution is -1.91. The highest BCUT2D eigenvalue weighted by Gasteiger charge is 2.02. The lowest BCUT2D eigenvalue weighted by atomic mass is 10.3. The summed E-state index contributed by atoms with van der Waals surface area (Å²) < 4.78 is 2.32. The molecule has 16 heavy (non-hydrogen) atoms. The first-order chi connectivity index (χ1) is 7.81. The Morgan fingerprint density at radius 1 is 1.56 bits per heavy atom. The molecule has 0 N–H and O–H groups in total. The van der Waals surface area contributed by atoms with E-state index in [4.69, 9.17) is 5.53 Å². The van der Waals surface area contributed by atoms with Crippen molar-refractivity contribution in [2.45, 2.75) is 0 Å². The first kappa shape index (κ1) is 10.7. The molecule has 0 aliphatic rings. The molecule has 2 aromatic heterocycles. The average Bonchev–Trinajstić information content (AvgIpc) is 2.86. The van der Waals surface area contributed by atoms with Gasteiger partial charge in [0.1, 0.15) is 5.28 Å². The largest absolute Gasteiger partial charge is 0.355 e. The molecule has 0 amide bonds. The zero-order chi connectivity index (χ0) is 11.4. The Bertz CT molecular complexity index is 593. The number of rotatable bonds is 3. The summed E-state index contributed by atoms with van der Waals surface area (Å²) in [5.41, 5.74) is 8.91. The molecule has 0 atom stereocenters. The highest BCUT2D eigenvalue weighted by molar-refractivity contribution is 7.26. The summed E-state index contributed by atoms with van der Waals surface area (Å²) in [4.78, 5) is 17.5. The molecule has 0 aliphatic heterocycles. The first-order valence-corrected chi connectivity index (χ1v) is 5.95. The zero-order valence-electron chi connectivity index (χ0n) is 7.86. The minimum Gasteiger partial charge on any atom is -0.355 e. The van der Waals surface area contributed by atoms with Crippen LogP contribution in [0.15, 0.2) is 28.2 Å². The Balaban J connectivity index is 2.15. The van der Waals surface area contributed by atoms with Gasteiger partial charge in [0, 0.05) is 26.6 Å². The highest BCUT2D eigenvalue weighted by Crippen LogP contribution is 2.31. The monoisotopic (exact) mass is 251 g/mol. The molecule has 0 aliphatic carbocycles. The van der Waals surface area contributed by atoms with Crippen LogP contribution >= 0.6 is 22.7 Å². The number of hydrogen-bond donors (Lipinski definition) is 0. The highest BCUT2D eigenvalue weighted by atomic mass is 32.1. The standard InChI is InChI=1S/C9H5N3O2S2/c10-11-12-14-8(13)2-1-6-5-16-7-3-4-15-9(6)7/h1-5H/b2-1-. The van der Waals surface area contributed by atoms with Crippen molar-refractivity contribution in [3.8, 4) is 0 Å². The number of azide groups is 1. The first-order valence-electron chi connectivity index (χ1n) is 4.19. The molecule has 0 fully saturated rings. The summed E-state index contributed by atoms with van der Waals surface area (Å²) in [6, 6.07) is 2.03. The van der Waals surface area contributed by atoms with Gasteiger partial charge >= 0.3 is 5.97 Å². The van der Waals surface area contributed by atoms with Crippen molar-refractivity contribution in [2.24, 2.45) is 5.28 Å². The van der Waals surface area contributed by atoms with E-state index >= 15 is 0 Å². The van der Waals surface area contributed by atoms with Gasteiger partial charge in [-0.25, -0.2) is 4.79 Å². The molecule has 0 aromatic carbocycles. The molecule has 0 spiro atoms. The summed E-state index contributed by atoms with van der Waals surface area (Å²) in [6.45, 7) is 0. The molecule has 2 rings (SSSR count). The van der Waals surface area contributed by atoms with E-state index < -0.39 is 5.97 Å². The van der Waals surface area contributed by atoms with Gasteiger partial charge in [-0.3, -0.25) is 0 Å². The number of carbonyl (C=O) groups excluding carboxylic acids is 1. The van der Waals surface area contributed by atoms with E-state index in [9.17, 15) is 4.79 Å². The molecule has 0 bridgehead atoms. The molecule has 0 saturated heterocycles. The summed E-state index contributed by atoms with van der Waals surface area (Å²) in [6.07, 6.45) is 2.88. The van der Waals surface area contributed by atoms with Crippen LogP contribution in [0.25, 0.3) is 25.9 Å². The van der Waals surface area contributed by atoms with Crippen LogP contribution in [0.3, 0.4) is 0 Å². The lowest BCUT2D eigenvalue weighted by Gasteiger charge is -1.87. The fraction of sp³-hybridized carbons (Fsp3) is 0. The van der Waals surface area contributed by atoms with Gasteiger partial charge in [-0.05, 0) is 23.1 Å². The van der Waals surface area contributed by atoms with Gasteiger partial charge in [-0.2, -0.15) is 0 Å². The minimum atomic E-state index is -0.686. The normalized spacial score (nSPS) is 10.5. The fourth-order valence-electron chi connectivity index (χ4n) is 1.14. The van der Waals surface area contributed by atoms with Crippen molar-refractivity contribution in [3.63, 3.8) is 0 Å². The topological polar surface area (TPSA) is 75.1 Å². The molecule has 80 valence electrons. The lowest BCUT2D eigenvalue weighted by molar-refractivity contribution is -0.137. The van der Waals surface area contributed by atoms with E-state index in [0.29, 0.717) is 0 Å². The molecule has 0 radical (unpaired) electrons. The average molecular weight is 251 g/mol. The molecule has 0 unspecified atom stereocenters. The second kappa shape index (κ2) is 4.80. The molecule has 2 aromatic rings. The maximum atomic E-state index is 11.0. The van der Waals surface area contributed by atoms with Crippen LogP contribution in [-0.2, 0) is 9.63 Å². The fourth-order valence-corrected chi connectivity index (χ4v) is 3.20. The third-order valence-electron chi connectivity index (χ3n) is 1.77. The Hall–Kier alpha value is -1.82. The SMILES string of the molecule is [N-]=[N+]=NOC(=O)/C=C\c1csc2ccsc12. The van der Waals surface area contributed by atoms with Crippen LogP contribution in [0.1, 0.15) is 5.56 Å². The number of thiophene rings is 2. The van der Waals surface area contributed by atoms with Crippen LogP contribution < -0.4 is 0 Å². The third kappa shape index (κ3) is 2.22. The zero-order valence-corrected chi connectivity index (χ0v) is 9.49. The van der Waals surface area contributed by atoms with E-state index in [1.54, 1.807) is 28.7 Å². The second-order valence-corrected chi connectivity index (χ2v) is 4.55. The Labute approximate surface area is 98.2 Å². The van der Waals surface area contributed by atoms with Crippen LogP contribution in [0.2, 0.25) is 0 Å². The van der Waals surface area contributed by atoms with Crippen LogP contribution in [0.4, 0.5) is 0 Å². The molecule has 7 heteroatoms. The minimum absolute atomic E-state index is 0.686. The van der Waals surface area contributed by atoms with Gasteiger partial charge in [0.15, 0.2) is 0 Å². The van der Waals surface area contributed by atoms with E-state index in [-0.39, 0.29) is 0 Å². The molecular weight excluding hydrogens is 246 g/mol. The third-order valence-corrected chi connectivity index (χ3v) is 3.83. The van der Waals surface area contributed by atoms with Gasteiger partial charge in [0.25, 0.3) is 0 Å². The predicted molar refractivity (Wildman–Crippen MR) is 64.0 cm³/mol. The van der Waals surface area contributed by atoms with Gasteiger partial charge in [-0.1, -0.05) is 0 Å². The quantitative estimate of drug-likeness (QED) is 0.274. The summed E-state index contributed by atoms with van der Waals surface area (Å²) >= 11 is 3.23. The Kier molecular flexibility index (Phi) is 3.21. The summed E-state index contributed by atoms with van der Waals surface area (Å²) in [5.74, 6) is -0.686. The van der Waals surface area contributed by atoms with E-state index in [1.807, 2.05) is 16.8 Å². The van der Waals surface area contributed by atoms with Crippen LogP contribution in [-0.4, -0.2) is 5.97 Å². The van der Waals surface area contributed by atoms with E-state index in [2.05, 4.69) is 15.0 Å². The predicted octanol–water partition coefficient (Wildman–Crippen LogP) is 3.74. The van der Waals surface area contributed by atoms with Crippen LogP contribution in [0, 0.1) is 0 Å². The molecule has 0 saturated carbocycles. The number of carbonyl (C=O) groups is 1. The van der Waals surface area contributed by atoms with Gasteiger partial charge in [0.2, 0.25) is 0 Å². The van der Waals surface area contributed by atoms with Crippen molar-refractivity contribution in [3.05, 3.63) is 38.9 Å². The van der Waals surface area contributed by atoms with Crippen molar-refractivity contribution in [2.75, 3.05) is 0 Å². The maximum Gasteiger partial charge on any atom is 0.342 e. The second-order valence-electron chi connectivity index (χ2n) is 2.72. The molecular formula is C9H5N3O2S2. The van der Waals surface area contributed by atoms with Crippen molar-refractivity contribution in [1.29, 1.82) is 0 Å². The number of fused-ring (bicyclic) bond motifs is 1. The molecule has 5 nitrogen and oxygen atoms in total. The Morgan fingerprint density at radius 2 is 2.44 bits per heavy atom. The van der Waals surface area contributed by atoms with Crippen LogP contribution in [0.5, 0.6) is 0 Å². The Morgan fingerprint density at radius 3 is 3.25 bits per heavy atom. The summed E-state index contributed by atoms with van der Waals surface area (Å²) in [5, 5.41) is 6.66. The van der Waals surface area contributed by atoms with Crippen molar-refractivity contribution >= 4 is 44.1 Å². The van der Waals surface area contributed by atoms with Gasteiger partial charge < -0.3 is 4.84 Å². The molecule has 2 heterocycles. The summed E-state index contributed by atoms with van der Waals surface area (Å²) in [7, 11) is 0. The van der Waals surface area contributed by atoms with E-state index in [0.717, 1.165) is 10.3 Å². The van der Waals surface area contributed by atoms with Crippen molar-refractivity contribution < 1.29 is 9.63 Å².